The molecular weight excluding hydrogens is 286 g/mol. The maximum absolute atomic E-state index is 12.6. The molecule has 0 bridgehead atoms. The summed E-state index contributed by atoms with van der Waals surface area (Å²) in [6.07, 6.45) is 0. The van der Waals surface area contributed by atoms with Crippen LogP contribution in [0.1, 0.15) is 21.5 Å². The summed E-state index contributed by atoms with van der Waals surface area (Å²) < 4.78 is 0. The van der Waals surface area contributed by atoms with Crippen LogP contribution in [-0.2, 0) is 0 Å². The Bertz CT molecular complexity index is 718. The van der Waals surface area contributed by atoms with Crippen LogP contribution in [0, 0.1) is 13.8 Å². The first-order valence-electron chi connectivity index (χ1n) is 8.01. The Morgan fingerprint density at radius 1 is 1.00 bits per heavy atom. The maximum atomic E-state index is 12.6. The monoisotopic (exact) mass is 309 g/mol. The summed E-state index contributed by atoms with van der Waals surface area (Å²) in [6.45, 7) is 7.16. The third-order valence-corrected chi connectivity index (χ3v) is 4.46. The number of rotatable bonds is 2. The van der Waals surface area contributed by atoms with Gasteiger partial charge in [-0.2, -0.15) is 0 Å². The second kappa shape index (κ2) is 6.32. The normalized spacial score (nSPS) is 14.9. The van der Waals surface area contributed by atoms with Crippen LogP contribution in [0.2, 0.25) is 0 Å². The van der Waals surface area contributed by atoms with E-state index in [-0.39, 0.29) is 5.91 Å². The quantitative estimate of drug-likeness (QED) is 0.868. The molecular formula is C19H23N3O. The number of anilines is 2. The molecule has 0 radical (unpaired) electrons. The fourth-order valence-electron chi connectivity index (χ4n) is 2.95. The molecule has 2 aromatic rings. The second-order valence-corrected chi connectivity index (χ2v) is 6.19. The third kappa shape index (κ3) is 3.31. The van der Waals surface area contributed by atoms with E-state index in [0.717, 1.165) is 54.2 Å². The van der Waals surface area contributed by atoms with Gasteiger partial charge in [-0.25, -0.2) is 0 Å². The van der Waals surface area contributed by atoms with Crippen LogP contribution in [0.25, 0.3) is 0 Å². The lowest BCUT2D eigenvalue weighted by Crippen LogP contribution is -2.48. The lowest BCUT2D eigenvalue weighted by Gasteiger charge is -2.36. The first kappa shape index (κ1) is 15.4. The van der Waals surface area contributed by atoms with Gasteiger partial charge < -0.3 is 15.5 Å². The molecule has 0 aromatic heterocycles. The van der Waals surface area contributed by atoms with E-state index in [1.54, 1.807) is 0 Å². The number of carbonyl (C=O) groups excluding carboxylic acids is 1. The molecule has 1 amide bonds. The van der Waals surface area contributed by atoms with Crippen molar-refractivity contribution in [3.63, 3.8) is 0 Å². The highest BCUT2D eigenvalue weighted by Crippen LogP contribution is 2.22. The fourth-order valence-corrected chi connectivity index (χ4v) is 2.95. The number of nitrogens with two attached hydrogens (primary N) is 1. The Balaban J connectivity index is 1.66. The number of amides is 1. The molecule has 0 unspecified atom stereocenters. The van der Waals surface area contributed by atoms with Crippen molar-refractivity contribution in [1.29, 1.82) is 0 Å². The van der Waals surface area contributed by atoms with E-state index in [9.17, 15) is 4.79 Å². The van der Waals surface area contributed by atoms with E-state index in [4.69, 9.17) is 5.73 Å². The number of nitrogen functional groups attached to an aromatic ring is 1. The minimum Gasteiger partial charge on any atom is -0.398 e. The highest BCUT2D eigenvalue weighted by molar-refractivity contribution is 5.94. The van der Waals surface area contributed by atoms with Crippen LogP contribution in [0.4, 0.5) is 11.4 Å². The van der Waals surface area contributed by atoms with Crippen molar-refractivity contribution in [2.45, 2.75) is 13.8 Å². The van der Waals surface area contributed by atoms with Crippen LogP contribution in [0.3, 0.4) is 0 Å². The Morgan fingerprint density at radius 2 is 1.74 bits per heavy atom. The molecule has 0 spiro atoms. The Labute approximate surface area is 137 Å². The van der Waals surface area contributed by atoms with E-state index in [0.29, 0.717) is 0 Å². The molecule has 1 fully saturated rings. The predicted molar refractivity (Wildman–Crippen MR) is 94.9 cm³/mol. The van der Waals surface area contributed by atoms with E-state index >= 15 is 0 Å². The predicted octanol–water partition coefficient (Wildman–Crippen LogP) is 2.85. The fraction of sp³-hybridized carbons (Fsp3) is 0.316. The number of hydrogen-bond donors (Lipinski definition) is 1. The number of aryl methyl sites for hydroxylation is 2. The molecule has 120 valence electrons. The molecule has 2 aromatic carbocycles. The number of nitrogens with zero attached hydrogens (tertiary/aromatic N) is 2. The first-order chi connectivity index (χ1) is 11.0. The Hall–Kier alpha value is -2.49. The summed E-state index contributed by atoms with van der Waals surface area (Å²) in [6, 6.07) is 14.0. The molecule has 1 aliphatic rings. The number of carbonyl (C=O) groups is 1. The average molecular weight is 309 g/mol. The van der Waals surface area contributed by atoms with Gasteiger partial charge in [0, 0.05) is 43.1 Å². The van der Waals surface area contributed by atoms with Gasteiger partial charge in [-0.1, -0.05) is 23.8 Å². The van der Waals surface area contributed by atoms with E-state index in [1.165, 1.54) is 0 Å². The first-order valence-corrected chi connectivity index (χ1v) is 8.01. The van der Waals surface area contributed by atoms with Crippen LogP contribution >= 0.6 is 0 Å². The summed E-state index contributed by atoms with van der Waals surface area (Å²) >= 11 is 0. The van der Waals surface area contributed by atoms with Crippen LogP contribution in [-0.4, -0.2) is 37.0 Å². The van der Waals surface area contributed by atoms with Crippen molar-refractivity contribution < 1.29 is 4.79 Å². The molecule has 2 N–H and O–H groups in total. The zero-order valence-corrected chi connectivity index (χ0v) is 13.7. The summed E-state index contributed by atoms with van der Waals surface area (Å²) in [7, 11) is 0. The molecule has 0 saturated carbocycles. The van der Waals surface area contributed by atoms with Gasteiger partial charge in [0.2, 0.25) is 0 Å². The number of piperazine rings is 1. The zero-order valence-electron chi connectivity index (χ0n) is 13.7. The van der Waals surface area contributed by atoms with Gasteiger partial charge in [-0.3, -0.25) is 4.79 Å². The van der Waals surface area contributed by atoms with Gasteiger partial charge in [-0.05, 0) is 43.7 Å². The van der Waals surface area contributed by atoms with E-state index in [2.05, 4.69) is 17.0 Å². The molecule has 4 heteroatoms. The van der Waals surface area contributed by atoms with Crippen molar-refractivity contribution in [3.05, 3.63) is 59.2 Å². The van der Waals surface area contributed by atoms with E-state index < -0.39 is 0 Å². The van der Waals surface area contributed by atoms with Gasteiger partial charge in [-0.15, -0.1) is 0 Å². The summed E-state index contributed by atoms with van der Waals surface area (Å²) in [5.74, 6) is 0.122. The summed E-state index contributed by atoms with van der Waals surface area (Å²) in [5, 5.41) is 0. The molecule has 3 rings (SSSR count). The van der Waals surface area contributed by atoms with Gasteiger partial charge in [0.25, 0.3) is 5.91 Å². The van der Waals surface area contributed by atoms with Gasteiger partial charge in [0.15, 0.2) is 0 Å². The van der Waals surface area contributed by atoms with E-state index in [1.807, 2.05) is 49.1 Å². The average Bonchev–Trinajstić information content (AvgIpc) is 2.57. The smallest absolute Gasteiger partial charge is 0.253 e. The number of benzene rings is 2. The van der Waals surface area contributed by atoms with Crippen molar-refractivity contribution in [2.24, 2.45) is 0 Å². The minimum atomic E-state index is 0.122. The van der Waals surface area contributed by atoms with Crippen LogP contribution in [0.15, 0.2) is 42.5 Å². The highest BCUT2D eigenvalue weighted by Gasteiger charge is 2.22. The van der Waals surface area contributed by atoms with Crippen molar-refractivity contribution in [2.75, 3.05) is 36.8 Å². The van der Waals surface area contributed by atoms with Gasteiger partial charge in [0.1, 0.15) is 0 Å². The van der Waals surface area contributed by atoms with Crippen molar-refractivity contribution in [1.82, 2.24) is 4.90 Å². The molecule has 1 saturated heterocycles. The summed E-state index contributed by atoms with van der Waals surface area (Å²) in [4.78, 5) is 16.8. The lowest BCUT2D eigenvalue weighted by molar-refractivity contribution is 0.0746. The molecule has 23 heavy (non-hydrogen) atoms. The topological polar surface area (TPSA) is 49.6 Å². The minimum absolute atomic E-state index is 0.122. The largest absolute Gasteiger partial charge is 0.398 e. The number of hydrogen-bond acceptors (Lipinski definition) is 3. The molecule has 1 aliphatic heterocycles. The van der Waals surface area contributed by atoms with Gasteiger partial charge >= 0.3 is 0 Å². The van der Waals surface area contributed by atoms with Crippen LogP contribution in [0.5, 0.6) is 0 Å². The van der Waals surface area contributed by atoms with Crippen LogP contribution < -0.4 is 10.6 Å². The zero-order chi connectivity index (χ0) is 16.4. The third-order valence-electron chi connectivity index (χ3n) is 4.46. The van der Waals surface area contributed by atoms with Crippen molar-refractivity contribution in [3.8, 4) is 0 Å². The Morgan fingerprint density at radius 3 is 2.39 bits per heavy atom. The summed E-state index contributed by atoms with van der Waals surface area (Å²) in [5.41, 5.74) is 10.9. The molecule has 0 atom stereocenters. The maximum Gasteiger partial charge on any atom is 0.253 e. The lowest BCUT2D eigenvalue weighted by atomic mass is 10.1. The van der Waals surface area contributed by atoms with Gasteiger partial charge in [0.05, 0.1) is 0 Å². The molecule has 0 aliphatic carbocycles. The van der Waals surface area contributed by atoms with Crippen molar-refractivity contribution >= 4 is 17.3 Å². The molecule has 4 nitrogen and oxygen atoms in total. The highest BCUT2D eigenvalue weighted by atomic mass is 16.2. The second-order valence-electron chi connectivity index (χ2n) is 6.19. The Kier molecular flexibility index (Phi) is 4.24. The standard InChI is InChI=1S/C19H23N3O/c1-14-4-3-5-16(12-14)19(23)22-10-8-21(9-11-22)17-7-6-15(2)18(20)13-17/h3-7,12-13H,8-11,20H2,1-2H3. The SMILES string of the molecule is Cc1cccc(C(=O)N2CCN(c3ccc(C)c(N)c3)CC2)c1. The molecule has 1 heterocycles.